The molecule has 0 atom stereocenters. The SMILES string of the molecule is CCCCOc1ccc(S(=O)(=O)NCCc2cn3ccccc3n2)cc1. The van der Waals surface area contributed by atoms with Crippen molar-refractivity contribution in [3.63, 3.8) is 0 Å². The maximum atomic E-state index is 12.4. The summed E-state index contributed by atoms with van der Waals surface area (Å²) in [6.07, 6.45) is 6.39. The lowest BCUT2D eigenvalue weighted by Gasteiger charge is -2.08. The molecule has 0 bridgehead atoms. The topological polar surface area (TPSA) is 72.7 Å². The molecule has 0 radical (unpaired) electrons. The van der Waals surface area contributed by atoms with Gasteiger partial charge in [-0.25, -0.2) is 18.1 Å². The molecule has 1 N–H and O–H groups in total. The first kappa shape index (κ1) is 18.4. The number of hydrogen-bond acceptors (Lipinski definition) is 4. The molecule has 6 nitrogen and oxygen atoms in total. The van der Waals surface area contributed by atoms with E-state index in [0.717, 1.165) is 24.2 Å². The van der Waals surface area contributed by atoms with E-state index in [1.54, 1.807) is 24.3 Å². The molecular weight excluding hydrogens is 350 g/mol. The van der Waals surface area contributed by atoms with Crippen LogP contribution >= 0.6 is 0 Å². The maximum absolute atomic E-state index is 12.4. The van der Waals surface area contributed by atoms with E-state index < -0.39 is 10.0 Å². The zero-order valence-corrected chi connectivity index (χ0v) is 15.6. The highest BCUT2D eigenvalue weighted by molar-refractivity contribution is 7.89. The van der Waals surface area contributed by atoms with E-state index >= 15 is 0 Å². The van der Waals surface area contributed by atoms with Crippen LogP contribution in [0.3, 0.4) is 0 Å². The third kappa shape index (κ3) is 4.62. The second-order valence-corrected chi connectivity index (χ2v) is 7.79. The molecule has 0 unspecified atom stereocenters. The Morgan fingerprint density at radius 2 is 1.96 bits per heavy atom. The van der Waals surface area contributed by atoms with Gasteiger partial charge in [-0.3, -0.25) is 0 Å². The first-order valence-corrected chi connectivity index (χ1v) is 10.2. The van der Waals surface area contributed by atoms with Gasteiger partial charge in [0, 0.05) is 25.4 Å². The largest absolute Gasteiger partial charge is 0.494 e. The van der Waals surface area contributed by atoms with Crippen molar-refractivity contribution >= 4 is 15.7 Å². The van der Waals surface area contributed by atoms with Crippen molar-refractivity contribution in [3.8, 4) is 5.75 Å². The maximum Gasteiger partial charge on any atom is 0.240 e. The molecular formula is C19H23N3O3S. The molecule has 26 heavy (non-hydrogen) atoms. The fraction of sp³-hybridized carbons (Fsp3) is 0.316. The Morgan fingerprint density at radius 1 is 1.15 bits per heavy atom. The van der Waals surface area contributed by atoms with E-state index in [9.17, 15) is 8.42 Å². The normalized spacial score (nSPS) is 11.7. The minimum atomic E-state index is -3.54. The van der Waals surface area contributed by atoms with Crippen molar-refractivity contribution in [1.82, 2.24) is 14.1 Å². The first-order valence-electron chi connectivity index (χ1n) is 8.73. The molecule has 2 aromatic heterocycles. The Morgan fingerprint density at radius 3 is 2.69 bits per heavy atom. The zero-order valence-electron chi connectivity index (χ0n) is 14.8. The molecule has 7 heteroatoms. The van der Waals surface area contributed by atoms with Crippen molar-refractivity contribution in [3.05, 3.63) is 60.6 Å². The van der Waals surface area contributed by atoms with Gasteiger partial charge < -0.3 is 9.14 Å². The Bertz CT molecular complexity index is 917. The van der Waals surface area contributed by atoms with Crippen LogP contribution in [0.1, 0.15) is 25.5 Å². The Labute approximate surface area is 153 Å². The zero-order chi connectivity index (χ0) is 18.4. The van der Waals surface area contributed by atoms with Gasteiger partial charge in [0.1, 0.15) is 11.4 Å². The summed E-state index contributed by atoms with van der Waals surface area (Å²) in [4.78, 5) is 4.70. The van der Waals surface area contributed by atoms with Crippen LogP contribution in [0.25, 0.3) is 5.65 Å². The number of hydrogen-bond donors (Lipinski definition) is 1. The summed E-state index contributed by atoms with van der Waals surface area (Å²) in [6, 6.07) is 12.3. The minimum Gasteiger partial charge on any atom is -0.494 e. The van der Waals surface area contributed by atoms with Crippen molar-refractivity contribution < 1.29 is 13.2 Å². The first-order chi connectivity index (χ1) is 12.6. The van der Waals surface area contributed by atoms with Crippen molar-refractivity contribution in [1.29, 1.82) is 0 Å². The number of sulfonamides is 1. The van der Waals surface area contributed by atoms with Crippen molar-refractivity contribution in [2.75, 3.05) is 13.2 Å². The molecule has 138 valence electrons. The number of nitrogens with one attached hydrogen (secondary N) is 1. The lowest BCUT2D eigenvalue weighted by Crippen LogP contribution is -2.26. The van der Waals surface area contributed by atoms with Crippen molar-refractivity contribution in [2.45, 2.75) is 31.1 Å². The van der Waals surface area contributed by atoms with Gasteiger partial charge in [0.2, 0.25) is 10.0 Å². The van der Waals surface area contributed by atoms with E-state index in [4.69, 9.17) is 4.74 Å². The van der Waals surface area contributed by atoms with Gasteiger partial charge in [-0.15, -0.1) is 0 Å². The summed E-state index contributed by atoms with van der Waals surface area (Å²) < 4.78 is 34.9. The number of imidazole rings is 1. The van der Waals surface area contributed by atoms with Gasteiger partial charge in [-0.2, -0.15) is 0 Å². The van der Waals surface area contributed by atoms with E-state index in [2.05, 4.69) is 16.6 Å². The van der Waals surface area contributed by atoms with Gasteiger partial charge in [0.05, 0.1) is 17.2 Å². The molecule has 0 saturated carbocycles. The van der Waals surface area contributed by atoms with Gasteiger partial charge in [-0.05, 0) is 42.8 Å². The summed E-state index contributed by atoms with van der Waals surface area (Å²) in [7, 11) is -3.54. The lowest BCUT2D eigenvalue weighted by molar-refractivity contribution is 0.309. The molecule has 0 spiro atoms. The highest BCUT2D eigenvalue weighted by atomic mass is 32.2. The smallest absolute Gasteiger partial charge is 0.240 e. The molecule has 0 fully saturated rings. The van der Waals surface area contributed by atoms with Crippen molar-refractivity contribution in [2.24, 2.45) is 0 Å². The minimum absolute atomic E-state index is 0.232. The molecule has 0 amide bonds. The summed E-state index contributed by atoms with van der Waals surface area (Å²) in [5.41, 5.74) is 1.70. The summed E-state index contributed by atoms with van der Waals surface area (Å²) >= 11 is 0. The molecule has 0 aliphatic heterocycles. The fourth-order valence-corrected chi connectivity index (χ4v) is 3.59. The third-order valence-electron chi connectivity index (χ3n) is 3.99. The average Bonchev–Trinajstić information content (AvgIpc) is 3.05. The number of rotatable bonds is 9. The van der Waals surface area contributed by atoms with Gasteiger partial charge in [0.25, 0.3) is 0 Å². The number of benzene rings is 1. The van der Waals surface area contributed by atoms with Crippen LogP contribution in [0.15, 0.2) is 59.8 Å². The van der Waals surface area contributed by atoms with Crippen LogP contribution in [0.5, 0.6) is 5.75 Å². The molecule has 0 saturated heterocycles. The highest BCUT2D eigenvalue weighted by Crippen LogP contribution is 2.16. The highest BCUT2D eigenvalue weighted by Gasteiger charge is 2.13. The van der Waals surface area contributed by atoms with Crippen LogP contribution < -0.4 is 9.46 Å². The number of fused-ring (bicyclic) bond motifs is 1. The number of nitrogens with zero attached hydrogens (tertiary/aromatic N) is 2. The monoisotopic (exact) mass is 373 g/mol. The predicted octanol–water partition coefficient (Wildman–Crippen LogP) is 3.03. The quantitative estimate of drug-likeness (QED) is 0.585. The average molecular weight is 373 g/mol. The summed E-state index contributed by atoms with van der Waals surface area (Å²) in [6.45, 7) is 3.03. The second kappa shape index (κ2) is 8.33. The van der Waals surface area contributed by atoms with Gasteiger partial charge >= 0.3 is 0 Å². The predicted molar refractivity (Wildman–Crippen MR) is 101 cm³/mol. The lowest BCUT2D eigenvalue weighted by atomic mass is 10.3. The summed E-state index contributed by atoms with van der Waals surface area (Å²) in [5, 5.41) is 0. The van der Waals surface area contributed by atoms with Crippen LogP contribution in [-0.4, -0.2) is 31.0 Å². The molecule has 0 aliphatic rings. The van der Waals surface area contributed by atoms with E-state index in [1.807, 2.05) is 35.0 Å². The number of aromatic nitrogens is 2. The number of pyridine rings is 1. The van der Waals surface area contributed by atoms with E-state index in [0.29, 0.717) is 25.3 Å². The van der Waals surface area contributed by atoms with E-state index in [-0.39, 0.29) is 4.90 Å². The fourth-order valence-electron chi connectivity index (χ4n) is 2.55. The van der Waals surface area contributed by atoms with Gasteiger partial charge in [-0.1, -0.05) is 19.4 Å². The summed E-state index contributed by atoms with van der Waals surface area (Å²) in [5.74, 6) is 0.683. The standard InChI is InChI=1S/C19H23N3O3S/c1-2-3-14-25-17-7-9-18(10-8-17)26(23,24)20-12-11-16-15-22-13-5-4-6-19(22)21-16/h4-10,13,15,20H,2-3,11-12,14H2,1H3. The molecule has 3 aromatic rings. The van der Waals surface area contributed by atoms with Crippen LogP contribution in [-0.2, 0) is 16.4 Å². The molecule has 1 aromatic carbocycles. The molecule has 3 rings (SSSR count). The number of ether oxygens (including phenoxy) is 1. The van der Waals surface area contributed by atoms with Crippen LogP contribution in [0.2, 0.25) is 0 Å². The Kier molecular flexibility index (Phi) is 5.90. The van der Waals surface area contributed by atoms with E-state index in [1.165, 1.54) is 0 Å². The number of unbranched alkanes of at least 4 members (excludes halogenated alkanes) is 1. The van der Waals surface area contributed by atoms with Crippen LogP contribution in [0.4, 0.5) is 0 Å². The second-order valence-electron chi connectivity index (χ2n) is 6.02. The van der Waals surface area contributed by atoms with Crippen LogP contribution in [0, 0.1) is 0 Å². The molecule has 0 aliphatic carbocycles. The third-order valence-corrected chi connectivity index (χ3v) is 5.46. The Hall–Kier alpha value is -2.38. The van der Waals surface area contributed by atoms with Gasteiger partial charge in [0.15, 0.2) is 0 Å². The Balaban J connectivity index is 1.56. The molecule has 2 heterocycles.